The zero-order chi connectivity index (χ0) is 11.5. The van der Waals surface area contributed by atoms with Crippen LogP contribution in [0.15, 0.2) is 36.5 Å². The first-order valence-electron chi connectivity index (χ1n) is 4.86. The van der Waals surface area contributed by atoms with Gasteiger partial charge < -0.3 is 16.2 Å². The molecule has 0 amide bonds. The first-order chi connectivity index (χ1) is 7.70. The Morgan fingerprint density at radius 3 is 2.44 bits per heavy atom. The number of rotatable bonds is 2. The minimum Gasteiger partial charge on any atom is -0.495 e. The van der Waals surface area contributed by atoms with Gasteiger partial charge in [0.2, 0.25) is 0 Å². The lowest BCUT2D eigenvalue weighted by Gasteiger charge is -2.07. The van der Waals surface area contributed by atoms with Crippen LogP contribution in [0.5, 0.6) is 5.75 Å². The summed E-state index contributed by atoms with van der Waals surface area (Å²) in [7, 11) is 1.59. The van der Waals surface area contributed by atoms with Crippen LogP contribution in [0.3, 0.4) is 0 Å². The van der Waals surface area contributed by atoms with E-state index >= 15 is 0 Å². The molecule has 0 saturated carbocycles. The number of anilines is 2. The Morgan fingerprint density at radius 2 is 1.81 bits per heavy atom. The molecule has 0 aliphatic carbocycles. The molecular formula is C12H13N3O. The van der Waals surface area contributed by atoms with Crippen molar-refractivity contribution in [3.63, 3.8) is 0 Å². The van der Waals surface area contributed by atoms with Crippen molar-refractivity contribution in [3.8, 4) is 16.9 Å². The first-order valence-corrected chi connectivity index (χ1v) is 4.86. The smallest absolute Gasteiger partial charge is 0.142 e. The Kier molecular flexibility index (Phi) is 2.64. The summed E-state index contributed by atoms with van der Waals surface area (Å²) in [5.74, 6) is 1.17. The lowest BCUT2D eigenvalue weighted by Crippen LogP contribution is -1.93. The minimum absolute atomic E-state index is 0.506. The Labute approximate surface area is 93.9 Å². The van der Waals surface area contributed by atoms with Gasteiger partial charge in [0.25, 0.3) is 0 Å². The third-order valence-corrected chi connectivity index (χ3v) is 2.35. The SMILES string of the molecule is COc1cc(-c2ccc(N)nc2)ccc1N. The first kappa shape index (κ1) is 10.3. The molecule has 1 aromatic carbocycles. The molecule has 0 bridgehead atoms. The Balaban J connectivity index is 2.44. The van der Waals surface area contributed by atoms with E-state index in [2.05, 4.69) is 4.98 Å². The molecule has 0 aliphatic heterocycles. The predicted octanol–water partition coefficient (Wildman–Crippen LogP) is 1.92. The molecule has 0 radical (unpaired) electrons. The summed E-state index contributed by atoms with van der Waals surface area (Å²) in [4.78, 5) is 4.04. The lowest BCUT2D eigenvalue weighted by atomic mass is 10.1. The van der Waals surface area contributed by atoms with Gasteiger partial charge in [-0.3, -0.25) is 0 Å². The fourth-order valence-electron chi connectivity index (χ4n) is 1.47. The third-order valence-electron chi connectivity index (χ3n) is 2.35. The van der Waals surface area contributed by atoms with Gasteiger partial charge >= 0.3 is 0 Å². The molecule has 0 aliphatic rings. The van der Waals surface area contributed by atoms with Gasteiger partial charge in [-0.2, -0.15) is 0 Å². The maximum absolute atomic E-state index is 5.74. The summed E-state index contributed by atoms with van der Waals surface area (Å²) in [6.45, 7) is 0. The van der Waals surface area contributed by atoms with Crippen molar-refractivity contribution in [1.29, 1.82) is 0 Å². The van der Waals surface area contributed by atoms with E-state index in [-0.39, 0.29) is 0 Å². The van der Waals surface area contributed by atoms with Crippen LogP contribution in [-0.4, -0.2) is 12.1 Å². The predicted molar refractivity (Wildman–Crippen MR) is 65.0 cm³/mol. The number of nitrogen functional groups attached to an aromatic ring is 2. The lowest BCUT2D eigenvalue weighted by molar-refractivity contribution is 0.417. The molecule has 16 heavy (non-hydrogen) atoms. The summed E-state index contributed by atoms with van der Waals surface area (Å²) in [5.41, 5.74) is 13.9. The molecule has 1 aromatic heterocycles. The molecule has 0 saturated heterocycles. The molecule has 4 heteroatoms. The molecule has 0 unspecified atom stereocenters. The number of nitrogens with two attached hydrogens (primary N) is 2. The van der Waals surface area contributed by atoms with E-state index in [4.69, 9.17) is 16.2 Å². The Bertz CT molecular complexity index is 494. The highest BCUT2D eigenvalue weighted by Gasteiger charge is 2.03. The van der Waals surface area contributed by atoms with Gasteiger partial charge in [0.1, 0.15) is 11.6 Å². The van der Waals surface area contributed by atoms with Gasteiger partial charge in [-0.15, -0.1) is 0 Å². The van der Waals surface area contributed by atoms with Crippen molar-refractivity contribution in [1.82, 2.24) is 4.98 Å². The summed E-state index contributed by atoms with van der Waals surface area (Å²) >= 11 is 0. The highest BCUT2D eigenvalue weighted by atomic mass is 16.5. The van der Waals surface area contributed by atoms with Crippen LogP contribution in [0.4, 0.5) is 11.5 Å². The van der Waals surface area contributed by atoms with Crippen LogP contribution in [0.1, 0.15) is 0 Å². The standard InChI is InChI=1S/C12H13N3O/c1-16-11-6-8(2-4-10(11)13)9-3-5-12(14)15-7-9/h2-7H,13H2,1H3,(H2,14,15). The van der Waals surface area contributed by atoms with E-state index in [9.17, 15) is 0 Å². The molecule has 0 atom stereocenters. The molecular weight excluding hydrogens is 202 g/mol. The molecule has 1 heterocycles. The fraction of sp³-hybridized carbons (Fsp3) is 0.0833. The van der Waals surface area contributed by atoms with Crippen molar-refractivity contribution < 1.29 is 4.74 Å². The van der Waals surface area contributed by atoms with E-state index in [1.807, 2.05) is 24.3 Å². The largest absolute Gasteiger partial charge is 0.495 e. The van der Waals surface area contributed by atoms with Gasteiger partial charge in [0, 0.05) is 11.8 Å². The number of methoxy groups -OCH3 is 1. The van der Waals surface area contributed by atoms with Gasteiger partial charge in [-0.25, -0.2) is 4.98 Å². The quantitative estimate of drug-likeness (QED) is 0.750. The van der Waals surface area contributed by atoms with Crippen LogP contribution < -0.4 is 16.2 Å². The molecule has 4 nitrogen and oxygen atoms in total. The molecule has 82 valence electrons. The number of hydrogen-bond acceptors (Lipinski definition) is 4. The summed E-state index contributed by atoms with van der Waals surface area (Å²) < 4.78 is 5.16. The second kappa shape index (κ2) is 4.10. The number of benzene rings is 1. The minimum atomic E-state index is 0.506. The fourth-order valence-corrected chi connectivity index (χ4v) is 1.47. The normalized spacial score (nSPS) is 10.1. The Morgan fingerprint density at radius 1 is 1.06 bits per heavy atom. The number of pyridine rings is 1. The average molecular weight is 215 g/mol. The van der Waals surface area contributed by atoms with Gasteiger partial charge in [-0.1, -0.05) is 6.07 Å². The molecule has 4 N–H and O–H groups in total. The number of aromatic nitrogens is 1. The summed E-state index contributed by atoms with van der Waals surface area (Å²) in [6, 6.07) is 9.28. The number of hydrogen-bond donors (Lipinski definition) is 2. The van der Waals surface area contributed by atoms with E-state index in [1.54, 1.807) is 19.4 Å². The molecule has 2 aromatic rings. The van der Waals surface area contributed by atoms with Crippen molar-refractivity contribution in [2.24, 2.45) is 0 Å². The maximum Gasteiger partial charge on any atom is 0.142 e. The van der Waals surface area contributed by atoms with Crippen LogP contribution >= 0.6 is 0 Å². The van der Waals surface area contributed by atoms with E-state index in [0.717, 1.165) is 11.1 Å². The monoisotopic (exact) mass is 215 g/mol. The van der Waals surface area contributed by atoms with Crippen LogP contribution in [-0.2, 0) is 0 Å². The average Bonchev–Trinajstić information content (AvgIpc) is 2.31. The topological polar surface area (TPSA) is 74.2 Å². The molecule has 0 fully saturated rings. The van der Waals surface area contributed by atoms with Crippen LogP contribution in [0, 0.1) is 0 Å². The van der Waals surface area contributed by atoms with Gasteiger partial charge in [0.15, 0.2) is 0 Å². The van der Waals surface area contributed by atoms with E-state index < -0.39 is 0 Å². The van der Waals surface area contributed by atoms with Gasteiger partial charge in [-0.05, 0) is 29.8 Å². The van der Waals surface area contributed by atoms with Crippen LogP contribution in [0.25, 0.3) is 11.1 Å². The molecule has 2 rings (SSSR count). The van der Waals surface area contributed by atoms with Crippen molar-refractivity contribution >= 4 is 11.5 Å². The maximum atomic E-state index is 5.74. The number of nitrogens with zero attached hydrogens (tertiary/aromatic N) is 1. The highest BCUT2D eigenvalue weighted by molar-refractivity contribution is 5.69. The molecule has 0 spiro atoms. The van der Waals surface area contributed by atoms with Crippen LogP contribution in [0.2, 0.25) is 0 Å². The number of ether oxygens (including phenoxy) is 1. The van der Waals surface area contributed by atoms with Gasteiger partial charge in [0.05, 0.1) is 12.8 Å². The van der Waals surface area contributed by atoms with Crippen molar-refractivity contribution in [2.75, 3.05) is 18.6 Å². The second-order valence-electron chi connectivity index (χ2n) is 3.43. The van der Waals surface area contributed by atoms with E-state index in [1.165, 1.54) is 0 Å². The second-order valence-corrected chi connectivity index (χ2v) is 3.43. The summed E-state index contributed by atoms with van der Waals surface area (Å²) in [5, 5.41) is 0. The highest BCUT2D eigenvalue weighted by Crippen LogP contribution is 2.28. The zero-order valence-corrected chi connectivity index (χ0v) is 8.97. The van der Waals surface area contributed by atoms with E-state index in [0.29, 0.717) is 17.3 Å². The van der Waals surface area contributed by atoms with Crippen molar-refractivity contribution in [2.45, 2.75) is 0 Å². The third kappa shape index (κ3) is 1.91. The summed E-state index contributed by atoms with van der Waals surface area (Å²) in [6.07, 6.45) is 1.72. The zero-order valence-electron chi connectivity index (χ0n) is 8.97. The van der Waals surface area contributed by atoms with Crippen molar-refractivity contribution in [3.05, 3.63) is 36.5 Å². The Hall–Kier alpha value is -2.23.